The van der Waals surface area contributed by atoms with Crippen LogP contribution in [0.2, 0.25) is 0 Å². The zero-order valence-electron chi connectivity index (χ0n) is 19.2. The first kappa shape index (κ1) is 23.0. The smallest absolute Gasteiger partial charge is 0.229 e. The molecule has 5 rings (SSSR count). The molecule has 0 spiro atoms. The molecule has 0 aliphatic carbocycles. The summed E-state index contributed by atoms with van der Waals surface area (Å²) in [5.41, 5.74) is 4.99. The molecule has 0 radical (unpaired) electrons. The third-order valence-corrected chi connectivity index (χ3v) is 6.79. The molecule has 1 aliphatic heterocycles. The van der Waals surface area contributed by atoms with Crippen LogP contribution in [0, 0.1) is 6.92 Å². The van der Waals surface area contributed by atoms with Crippen LogP contribution in [-0.4, -0.2) is 34.3 Å². The van der Waals surface area contributed by atoms with Crippen LogP contribution in [0.4, 0.5) is 11.4 Å². The summed E-state index contributed by atoms with van der Waals surface area (Å²) in [5, 5.41) is 4.03. The Bertz CT molecular complexity index is 1470. The van der Waals surface area contributed by atoms with Crippen LogP contribution < -0.4 is 14.9 Å². The number of nitrogens with one attached hydrogen (secondary N) is 2. The van der Waals surface area contributed by atoms with E-state index in [4.69, 9.17) is 12.2 Å². The topological polar surface area (TPSA) is 92.2 Å². The van der Waals surface area contributed by atoms with Gasteiger partial charge in [-0.3, -0.25) is 14.7 Å². The van der Waals surface area contributed by atoms with E-state index in [1.165, 1.54) is 0 Å². The van der Waals surface area contributed by atoms with Gasteiger partial charge in [-0.2, -0.15) is 0 Å². The van der Waals surface area contributed by atoms with E-state index in [0.29, 0.717) is 10.8 Å². The summed E-state index contributed by atoms with van der Waals surface area (Å²) in [6.45, 7) is 1.87. The van der Waals surface area contributed by atoms with Crippen molar-refractivity contribution in [3.63, 3.8) is 0 Å². The molecule has 0 amide bonds. The summed E-state index contributed by atoms with van der Waals surface area (Å²) in [6, 6.07) is 19.0. The zero-order chi connectivity index (χ0) is 24.6. The van der Waals surface area contributed by atoms with Gasteiger partial charge in [-0.15, -0.1) is 0 Å². The third-order valence-electron chi connectivity index (χ3n) is 5.89. The van der Waals surface area contributed by atoms with Gasteiger partial charge in [0.15, 0.2) is 5.11 Å². The van der Waals surface area contributed by atoms with Gasteiger partial charge < -0.3 is 14.8 Å². The van der Waals surface area contributed by atoms with E-state index in [1.807, 2.05) is 67.8 Å². The largest absolute Gasteiger partial charge is 0.351 e. The highest BCUT2D eigenvalue weighted by molar-refractivity contribution is 7.92. The van der Waals surface area contributed by atoms with E-state index in [-0.39, 0.29) is 12.1 Å². The lowest BCUT2D eigenvalue weighted by Crippen LogP contribution is -2.30. The quantitative estimate of drug-likeness (QED) is 0.382. The van der Waals surface area contributed by atoms with E-state index < -0.39 is 10.0 Å². The molecule has 2 unspecified atom stereocenters. The Morgan fingerprint density at radius 2 is 1.89 bits per heavy atom. The van der Waals surface area contributed by atoms with Gasteiger partial charge in [0.25, 0.3) is 0 Å². The van der Waals surface area contributed by atoms with E-state index in [1.54, 1.807) is 18.5 Å². The van der Waals surface area contributed by atoms with Crippen molar-refractivity contribution in [2.75, 3.05) is 15.9 Å². The predicted octanol–water partition coefficient (Wildman–Crippen LogP) is 4.12. The average Bonchev–Trinajstić information content (AvgIpc) is 3.45. The van der Waals surface area contributed by atoms with Gasteiger partial charge >= 0.3 is 0 Å². The fourth-order valence-electron chi connectivity index (χ4n) is 4.41. The van der Waals surface area contributed by atoms with Crippen LogP contribution in [0.1, 0.15) is 29.0 Å². The van der Waals surface area contributed by atoms with E-state index >= 15 is 0 Å². The van der Waals surface area contributed by atoms with Crippen molar-refractivity contribution in [3.8, 4) is 5.69 Å². The van der Waals surface area contributed by atoms with Gasteiger partial charge in [0.05, 0.1) is 35.6 Å². The number of sulfonamides is 1. The average molecular weight is 505 g/mol. The monoisotopic (exact) mass is 504 g/mol. The first-order valence-electron chi connectivity index (χ1n) is 11.0. The number of benzene rings is 1. The fourth-order valence-corrected chi connectivity index (χ4v) is 5.39. The van der Waals surface area contributed by atoms with E-state index in [2.05, 4.69) is 35.5 Å². The van der Waals surface area contributed by atoms with E-state index in [0.717, 1.165) is 34.6 Å². The SMILES string of the molecule is Cc1cc(N2C(=S)NC(c3ccccn3)C2c2cccn2-c2cccnc2)ccc1NS(C)(=O)=O. The van der Waals surface area contributed by atoms with Crippen LogP contribution in [0.25, 0.3) is 5.69 Å². The van der Waals surface area contributed by atoms with Crippen molar-refractivity contribution in [1.29, 1.82) is 0 Å². The fraction of sp³-hybridized carbons (Fsp3) is 0.160. The lowest BCUT2D eigenvalue weighted by Gasteiger charge is -2.29. The summed E-state index contributed by atoms with van der Waals surface area (Å²) in [4.78, 5) is 11.0. The van der Waals surface area contributed by atoms with Crippen LogP contribution in [0.5, 0.6) is 0 Å². The zero-order valence-corrected chi connectivity index (χ0v) is 20.8. The van der Waals surface area contributed by atoms with Crippen molar-refractivity contribution < 1.29 is 8.42 Å². The summed E-state index contributed by atoms with van der Waals surface area (Å²) >= 11 is 5.83. The number of anilines is 2. The lowest BCUT2D eigenvalue weighted by molar-refractivity contribution is 0.549. The standard InChI is InChI=1S/C25H24N6O2S2/c1-17-15-18(10-11-20(17)29-35(2,32)33)31-24(23(28-25(31)34)21-8-3-4-13-27-21)22-9-6-14-30(22)19-7-5-12-26-16-19/h3-16,23-24,29H,1-2H3,(H,28,34). The molecule has 1 aromatic carbocycles. The van der Waals surface area contributed by atoms with Crippen LogP contribution in [0.15, 0.2) is 85.5 Å². The number of hydrogen-bond donors (Lipinski definition) is 2. The summed E-state index contributed by atoms with van der Waals surface area (Å²) in [5.74, 6) is 0. The van der Waals surface area contributed by atoms with Gasteiger partial charge in [-0.05, 0) is 79.3 Å². The maximum Gasteiger partial charge on any atom is 0.229 e. The predicted molar refractivity (Wildman–Crippen MR) is 141 cm³/mol. The molecule has 3 aromatic heterocycles. The van der Waals surface area contributed by atoms with Gasteiger partial charge in [-0.25, -0.2) is 8.42 Å². The van der Waals surface area contributed by atoms with Gasteiger partial charge in [-0.1, -0.05) is 6.07 Å². The number of thiocarbonyl (C=S) groups is 1. The second-order valence-electron chi connectivity index (χ2n) is 8.38. The second-order valence-corrected chi connectivity index (χ2v) is 10.5. The Labute approximate surface area is 209 Å². The number of aryl methyl sites for hydroxylation is 1. The molecule has 10 heteroatoms. The summed E-state index contributed by atoms with van der Waals surface area (Å²) in [6.07, 6.45) is 8.48. The highest BCUT2D eigenvalue weighted by atomic mass is 32.2. The molecule has 1 saturated heterocycles. The number of hydrogen-bond acceptors (Lipinski definition) is 5. The molecule has 2 N–H and O–H groups in total. The van der Waals surface area contributed by atoms with Crippen LogP contribution in [-0.2, 0) is 10.0 Å². The molecule has 178 valence electrons. The first-order valence-corrected chi connectivity index (χ1v) is 13.3. The molecule has 0 bridgehead atoms. The minimum Gasteiger partial charge on any atom is -0.351 e. The summed E-state index contributed by atoms with van der Waals surface area (Å²) < 4.78 is 28.2. The highest BCUT2D eigenvalue weighted by Crippen LogP contribution is 2.42. The third kappa shape index (κ3) is 4.62. The number of rotatable bonds is 6. The van der Waals surface area contributed by atoms with Crippen LogP contribution >= 0.6 is 12.2 Å². The highest BCUT2D eigenvalue weighted by Gasteiger charge is 2.42. The maximum absolute atomic E-state index is 11.8. The number of pyridine rings is 2. The molecule has 4 heterocycles. The molecule has 35 heavy (non-hydrogen) atoms. The molecule has 2 atom stereocenters. The second kappa shape index (κ2) is 9.12. The Balaban J connectivity index is 1.63. The first-order chi connectivity index (χ1) is 16.8. The summed E-state index contributed by atoms with van der Waals surface area (Å²) in [7, 11) is -3.39. The molecule has 1 aliphatic rings. The van der Waals surface area contributed by atoms with Crippen LogP contribution in [0.3, 0.4) is 0 Å². The minimum atomic E-state index is -3.39. The Morgan fingerprint density at radius 3 is 2.57 bits per heavy atom. The Kier molecular flexibility index (Phi) is 6.00. The molecule has 1 fully saturated rings. The van der Waals surface area contributed by atoms with Crippen molar-refractivity contribution in [1.82, 2.24) is 19.9 Å². The van der Waals surface area contributed by atoms with Crippen molar-refractivity contribution in [2.24, 2.45) is 0 Å². The molecular formula is C25H24N6O2S2. The Morgan fingerprint density at radius 1 is 1.03 bits per heavy atom. The van der Waals surface area contributed by atoms with Crippen molar-refractivity contribution >= 4 is 38.7 Å². The van der Waals surface area contributed by atoms with E-state index in [9.17, 15) is 8.42 Å². The van der Waals surface area contributed by atoms with Gasteiger partial charge in [0.1, 0.15) is 6.04 Å². The molecule has 0 saturated carbocycles. The molecule has 8 nitrogen and oxygen atoms in total. The molecular weight excluding hydrogens is 480 g/mol. The van der Waals surface area contributed by atoms with Crippen molar-refractivity contribution in [2.45, 2.75) is 19.0 Å². The normalized spacial score (nSPS) is 17.9. The number of nitrogens with zero attached hydrogens (tertiary/aromatic N) is 4. The van der Waals surface area contributed by atoms with Crippen molar-refractivity contribution in [3.05, 3.63) is 102 Å². The number of aromatic nitrogens is 3. The van der Waals surface area contributed by atoms with Gasteiger partial charge in [0.2, 0.25) is 10.0 Å². The lowest BCUT2D eigenvalue weighted by atomic mass is 10.0. The van der Waals surface area contributed by atoms with Gasteiger partial charge in [0, 0.05) is 30.0 Å². The maximum atomic E-state index is 11.8. The minimum absolute atomic E-state index is 0.205. The molecule has 4 aromatic rings. The Hall–Kier alpha value is -3.76.